The Balaban J connectivity index is 1.45. The van der Waals surface area contributed by atoms with Gasteiger partial charge >= 0.3 is 17.9 Å². The molecule has 3 heterocycles. The molecule has 0 aliphatic carbocycles. The molecule has 1 aromatic heterocycles. The van der Waals surface area contributed by atoms with Crippen molar-refractivity contribution in [1.29, 1.82) is 5.26 Å². The van der Waals surface area contributed by atoms with E-state index < -0.39 is 5.97 Å². The van der Waals surface area contributed by atoms with Gasteiger partial charge < -0.3 is 19.4 Å². The number of hydrogen-bond donors (Lipinski definition) is 1. The van der Waals surface area contributed by atoms with Crippen molar-refractivity contribution in [2.45, 2.75) is 44.7 Å². The van der Waals surface area contributed by atoms with Crippen molar-refractivity contribution in [3.8, 4) is 6.07 Å². The highest BCUT2D eigenvalue weighted by Crippen LogP contribution is 2.46. The minimum Gasteiger partial charge on any atom is -0.459 e. The lowest BCUT2D eigenvalue weighted by Gasteiger charge is -2.41. The summed E-state index contributed by atoms with van der Waals surface area (Å²) < 4.78 is 10.4. The molecule has 0 bridgehead atoms. The molecule has 0 radical (unpaired) electrons. The molecule has 168 valence electrons. The van der Waals surface area contributed by atoms with Crippen molar-refractivity contribution in [2.24, 2.45) is 0 Å². The Bertz CT molecular complexity index is 1230. The maximum atomic E-state index is 11.8. The number of fused-ring (bicyclic) bond motifs is 5. The van der Waals surface area contributed by atoms with E-state index in [0.717, 1.165) is 19.4 Å². The zero-order valence-corrected chi connectivity index (χ0v) is 18.6. The fourth-order valence-electron chi connectivity index (χ4n) is 5.02. The highest BCUT2D eigenvalue weighted by atomic mass is 16.5. The van der Waals surface area contributed by atoms with E-state index in [9.17, 15) is 10.1 Å². The molecule has 8 heteroatoms. The van der Waals surface area contributed by atoms with E-state index >= 15 is 0 Å². The Morgan fingerprint density at radius 1 is 1.24 bits per heavy atom. The lowest BCUT2D eigenvalue weighted by Crippen LogP contribution is -2.41. The third kappa shape index (κ3) is 3.80. The SMILES string of the molecule is CCOC(=O)c1nnc(NC2CCN3c4ccc(C#N)cc4[C@@H](C)c4ccccc4[C@@H]3C2)o1. The quantitative estimate of drug-likeness (QED) is 0.592. The molecule has 3 atom stereocenters. The summed E-state index contributed by atoms with van der Waals surface area (Å²) in [6.07, 6.45) is 1.70. The third-order valence-corrected chi connectivity index (χ3v) is 6.56. The van der Waals surface area contributed by atoms with Crippen molar-refractivity contribution in [3.05, 3.63) is 70.6 Å². The number of nitriles is 1. The van der Waals surface area contributed by atoms with E-state index in [0.29, 0.717) is 5.56 Å². The van der Waals surface area contributed by atoms with E-state index in [1.807, 2.05) is 12.1 Å². The topological polar surface area (TPSA) is 104 Å². The van der Waals surface area contributed by atoms with Crippen LogP contribution in [0, 0.1) is 11.3 Å². The van der Waals surface area contributed by atoms with Crippen LogP contribution in [0.3, 0.4) is 0 Å². The summed E-state index contributed by atoms with van der Waals surface area (Å²) in [5, 5.41) is 20.5. The number of aromatic nitrogens is 2. The van der Waals surface area contributed by atoms with Gasteiger partial charge in [0.1, 0.15) is 0 Å². The molecule has 1 unspecified atom stereocenters. The maximum Gasteiger partial charge on any atom is 0.396 e. The van der Waals surface area contributed by atoms with Crippen LogP contribution < -0.4 is 10.2 Å². The molecule has 0 amide bonds. The smallest absolute Gasteiger partial charge is 0.396 e. The monoisotopic (exact) mass is 443 g/mol. The van der Waals surface area contributed by atoms with Crippen LogP contribution >= 0.6 is 0 Å². The average molecular weight is 444 g/mol. The van der Waals surface area contributed by atoms with Gasteiger partial charge in [0.05, 0.1) is 24.3 Å². The van der Waals surface area contributed by atoms with Gasteiger partial charge in [0.2, 0.25) is 0 Å². The number of carbonyl (C=O) groups is 1. The number of carbonyl (C=O) groups excluding carboxylic acids is 1. The van der Waals surface area contributed by atoms with Gasteiger partial charge in [-0.25, -0.2) is 4.79 Å². The summed E-state index contributed by atoms with van der Waals surface area (Å²) in [6.45, 7) is 5.02. The lowest BCUT2D eigenvalue weighted by atomic mass is 9.86. The molecule has 2 aliphatic rings. The minimum atomic E-state index is -0.618. The van der Waals surface area contributed by atoms with Gasteiger partial charge in [-0.3, -0.25) is 0 Å². The van der Waals surface area contributed by atoms with Crippen LogP contribution in [0.5, 0.6) is 0 Å². The first kappa shape index (κ1) is 21.0. The Morgan fingerprint density at radius 2 is 2.06 bits per heavy atom. The van der Waals surface area contributed by atoms with E-state index in [2.05, 4.69) is 63.7 Å². The first-order valence-electron chi connectivity index (χ1n) is 11.3. The molecule has 0 saturated carbocycles. The Morgan fingerprint density at radius 3 is 2.85 bits per heavy atom. The van der Waals surface area contributed by atoms with Crippen LogP contribution in [0.2, 0.25) is 0 Å². The number of nitrogens with one attached hydrogen (secondary N) is 1. The molecule has 0 spiro atoms. The van der Waals surface area contributed by atoms with Crippen LogP contribution in [0.1, 0.15) is 71.6 Å². The normalized spacial score (nSPS) is 21.1. The molecule has 8 nitrogen and oxygen atoms in total. The second kappa shape index (κ2) is 8.58. The molecular weight excluding hydrogens is 418 g/mol. The molecule has 1 fully saturated rings. The minimum absolute atomic E-state index is 0.102. The molecular formula is C25H25N5O3. The Kier molecular flexibility index (Phi) is 5.47. The van der Waals surface area contributed by atoms with Gasteiger partial charge in [0.25, 0.3) is 0 Å². The Hall–Kier alpha value is -3.86. The van der Waals surface area contributed by atoms with Crippen molar-refractivity contribution < 1.29 is 13.9 Å². The van der Waals surface area contributed by atoms with Crippen molar-refractivity contribution in [1.82, 2.24) is 10.2 Å². The van der Waals surface area contributed by atoms with Crippen LogP contribution in [0.4, 0.5) is 11.7 Å². The van der Waals surface area contributed by atoms with Crippen LogP contribution in [-0.4, -0.2) is 35.4 Å². The second-order valence-electron chi connectivity index (χ2n) is 8.44. The molecule has 5 rings (SSSR count). The summed E-state index contributed by atoms with van der Waals surface area (Å²) in [5.74, 6) is -0.579. The molecule has 3 aromatic rings. The lowest BCUT2D eigenvalue weighted by molar-refractivity contribution is 0.0481. The summed E-state index contributed by atoms with van der Waals surface area (Å²) in [6, 6.07) is 17.3. The highest BCUT2D eigenvalue weighted by Gasteiger charge is 2.36. The molecule has 33 heavy (non-hydrogen) atoms. The highest BCUT2D eigenvalue weighted by molar-refractivity contribution is 5.84. The first-order chi connectivity index (χ1) is 16.1. The third-order valence-electron chi connectivity index (χ3n) is 6.56. The summed E-state index contributed by atoms with van der Waals surface area (Å²) in [7, 11) is 0. The van der Waals surface area contributed by atoms with E-state index in [-0.39, 0.29) is 36.5 Å². The molecule has 2 aromatic carbocycles. The maximum absolute atomic E-state index is 11.8. The number of esters is 1. The van der Waals surface area contributed by atoms with E-state index in [1.165, 1.54) is 22.4 Å². The second-order valence-corrected chi connectivity index (χ2v) is 8.44. The fourth-order valence-corrected chi connectivity index (χ4v) is 5.02. The number of benzene rings is 2. The fraction of sp³-hybridized carbons (Fsp3) is 0.360. The van der Waals surface area contributed by atoms with Gasteiger partial charge in [-0.1, -0.05) is 41.4 Å². The largest absolute Gasteiger partial charge is 0.459 e. The zero-order valence-electron chi connectivity index (χ0n) is 18.6. The number of anilines is 2. The molecule has 2 aliphatic heterocycles. The van der Waals surface area contributed by atoms with E-state index in [1.54, 1.807) is 6.92 Å². The first-order valence-corrected chi connectivity index (χ1v) is 11.3. The van der Waals surface area contributed by atoms with Crippen molar-refractivity contribution >= 4 is 17.7 Å². The van der Waals surface area contributed by atoms with Gasteiger partial charge in [0, 0.05) is 24.2 Å². The van der Waals surface area contributed by atoms with Gasteiger partial charge in [0.15, 0.2) is 0 Å². The van der Waals surface area contributed by atoms with Crippen molar-refractivity contribution in [3.63, 3.8) is 0 Å². The standard InChI is InChI=1S/C25H25N5O3/c1-3-32-24(31)23-28-29-25(33-23)27-17-10-11-30-21-9-8-16(14-26)12-20(21)15(2)18-6-4-5-7-19(18)22(30)13-17/h4-9,12,15,17,22H,3,10-11,13H2,1-2H3,(H,27,29)/t15-,17?,22-/m0/s1. The van der Waals surface area contributed by atoms with Crippen LogP contribution in [0.15, 0.2) is 46.9 Å². The number of ether oxygens (including phenoxy) is 1. The van der Waals surface area contributed by atoms with Crippen LogP contribution in [-0.2, 0) is 4.74 Å². The number of nitrogens with zero attached hydrogens (tertiary/aromatic N) is 4. The molecule has 1 saturated heterocycles. The van der Waals surface area contributed by atoms with Gasteiger partial charge in [-0.15, -0.1) is 0 Å². The van der Waals surface area contributed by atoms with Gasteiger partial charge in [-0.05, 0) is 54.7 Å². The Labute approximate surface area is 192 Å². The summed E-state index contributed by atoms with van der Waals surface area (Å²) in [4.78, 5) is 14.3. The summed E-state index contributed by atoms with van der Waals surface area (Å²) in [5.41, 5.74) is 5.63. The number of rotatable bonds is 4. The van der Waals surface area contributed by atoms with E-state index in [4.69, 9.17) is 9.15 Å². The average Bonchev–Trinajstić information content (AvgIpc) is 3.28. The zero-order chi connectivity index (χ0) is 22.9. The van der Waals surface area contributed by atoms with Crippen molar-refractivity contribution in [2.75, 3.05) is 23.4 Å². The predicted molar refractivity (Wildman–Crippen MR) is 122 cm³/mol. The van der Waals surface area contributed by atoms with Gasteiger partial charge in [-0.2, -0.15) is 5.26 Å². The van der Waals surface area contributed by atoms with Crippen LogP contribution in [0.25, 0.3) is 0 Å². The summed E-state index contributed by atoms with van der Waals surface area (Å²) >= 11 is 0. The number of piperidine rings is 1. The molecule has 1 N–H and O–H groups in total. The predicted octanol–water partition coefficient (Wildman–Crippen LogP) is 4.41. The number of hydrogen-bond acceptors (Lipinski definition) is 8.